The average molecular weight is 320 g/mol. The molecule has 0 fully saturated rings. The first-order chi connectivity index (χ1) is 10.1. The third-order valence-electron chi connectivity index (χ3n) is 4.47. The standard InChI is InChI=1S/C18H19Cl2N/c1-21(2)14-9-12-5-3-4-6-15(12)16(11-14)13-7-8-17(19)18(20)10-13/h3-8,10,14,16H,9,11H2,1-2H3/t14-,16+/m1/s1. The monoisotopic (exact) mass is 319 g/mol. The van der Waals surface area contributed by atoms with Gasteiger partial charge >= 0.3 is 0 Å². The molecule has 2 aromatic rings. The summed E-state index contributed by atoms with van der Waals surface area (Å²) in [5.74, 6) is 0.386. The van der Waals surface area contributed by atoms with E-state index in [0.29, 0.717) is 22.0 Å². The molecule has 0 radical (unpaired) electrons. The zero-order chi connectivity index (χ0) is 15.0. The normalized spacial score (nSPS) is 21.4. The van der Waals surface area contributed by atoms with Crippen molar-refractivity contribution < 1.29 is 0 Å². The highest BCUT2D eigenvalue weighted by molar-refractivity contribution is 6.42. The van der Waals surface area contributed by atoms with Crippen LogP contribution < -0.4 is 0 Å². The van der Waals surface area contributed by atoms with Gasteiger partial charge < -0.3 is 4.90 Å². The Hall–Kier alpha value is -1.02. The van der Waals surface area contributed by atoms with Crippen molar-refractivity contribution >= 4 is 23.2 Å². The highest BCUT2D eigenvalue weighted by atomic mass is 35.5. The smallest absolute Gasteiger partial charge is 0.0595 e. The number of fused-ring (bicyclic) bond motifs is 1. The first kappa shape index (κ1) is 14.9. The largest absolute Gasteiger partial charge is 0.306 e. The summed E-state index contributed by atoms with van der Waals surface area (Å²) < 4.78 is 0. The number of benzene rings is 2. The van der Waals surface area contributed by atoms with Crippen molar-refractivity contribution in [2.75, 3.05) is 14.1 Å². The molecule has 0 amide bonds. The first-order valence-corrected chi connectivity index (χ1v) is 8.01. The van der Waals surface area contributed by atoms with Gasteiger partial charge in [0, 0.05) is 12.0 Å². The van der Waals surface area contributed by atoms with Crippen LogP contribution in [0.1, 0.15) is 29.0 Å². The molecule has 0 aliphatic heterocycles. The highest BCUT2D eigenvalue weighted by Gasteiger charge is 2.29. The van der Waals surface area contributed by atoms with Crippen LogP contribution in [0.25, 0.3) is 0 Å². The van der Waals surface area contributed by atoms with Crippen molar-refractivity contribution in [2.45, 2.75) is 24.8 Å². The SMILES string of the molecule is CN(C)[C@@H]1Cc2ccccc2[C@H](c2ccc(Cl)c(Cl)c2)C1. The molecule has 2 atom stereocenters. The Morgan fingerprint density at radius 1 is 1.00 bits per heavy atom. The molecule has 21 heavy (non-hydrogen) atoms. The van der Waals surface area contributed by atoms with Crippen molar-refractivity contribution in [3.63, 3.8) is 0 Å². The molecule has 3 heteroatoms. The molecule has 0 aromatic heterocycles. The van der Waals surface area contributed by atoms with E-state index in [4.69, 9.17) is 23.2 Å². The lowest BCUT2D eigenvalue weighted by Gasteiger charge is -2.35. The maximum Gasteiger partial charge on any atom is 0.0595 e. The maximum absolute atomic E-state index is 6.22. The van der Waals surface area contributed by atoms with Gasteiger partial charge in [-0.15, -0.1) is 0 Å². The summed E-state index contributed by atoms with van der Waals surface area (Å²) in [7, 11) is 4.31. The van der Waals surface area contributed by atoms with E-state index in [0.717, 1.165) is 12.8 Å². The van der Waals surface area contributed by atoms with Gasteiger partial charge in [-0.1, -0.05) is 53.5 Å². The van der Waals surface area contributed by atoms with Crippen molar-refractivity contribution in [3.05, 3.63) is 69.2 Å². The van der Waals surface area contributed by atoms with Crippen molar-refractivity contribution in [2.24, 2.45) is 0 Å². The van der Waals surface area contributed by atoms with Crippen LogP contribution in [0, 0.1) is 0 Å². The molecule has 1 aliphatic carbocycles. The molecule has 1 nitrogen and oxygen atoms in total. The Morgan fingerprint density at radius 2 is 1.76 bits per heavy atom. The lowest BCUT2D eigenvalue weighted by molar-refractivity contribution is 0.258. The Labute approximate surface area is 136 Å². The summed E-state index contributed by atoms with van der Waals surface area (Å²) in [6, 6.07) is 15.3. The third kappa shape index (κ3) is 2.96. The van der Waals surface area contributed by atoms with Crippen molar-refractivity contribution in [3.8, 4) is 0 Å². The molecule has 110 valence electrons. The zero-order valence-electron chi connectivity index (χ0n) is 12.3. The summed E-state index contributed by atoms with van der Waals surface area (Å²) in [5, 5.41) is 1.26. The topological polar surface area (TPSA) is 3.24 Å². The number of likely N-dealkylation sites (N-methyl/N-ethyl adjacent to an activating group) is 1. The van der Waals surface area contributed by atoms with E-state index in [1.807, 2.05) is 12.1 Å². The van der Waals surface area contributed by atoms with E-state index in [-0.39, 0.29) is 0 Å². The quantitative estimate of drug-likeness (QED) is 0.752. The fourth-order valence-corrected chi connectivity index (χ4v) is 3.54. The third-order valence-corrected chi connectivity index (χ3v) is 5.21. The van der Waals surface area contributed by atoms with Crippen LogP contribution in [0.2, 0.25) is 10.0 Å². The summed E-state index contributed by atoms with van der Waals surface area (Å²) in [4.78, 5) is 2.32. The summed E-state index contributed by atoms with van der Waals surface area (Å²) in [6.45, 7) is 0. The summed E-state index contributed by atoms with van der Waals surface area (Å²) in [6.07, 6.45) is 2.23. The zero-order valence-corrected chi connectivity index (χ0v) is 13.8. The van der Waals surface area contributed by atoms with Gasteiger partial charge in [0.05, 0.1) is 10.0 Å². The Bertz CT molecular complexity index is 651. The first-order valence-electron chi connectivity index (χ1n) is 7.25. The maximum atomic E-state index is 6.22. The Kier molecular flexibility index (Phi) is 4.26. The van der Waals surface area contributed by atoms with Gasteiger partial charge in [-0.05, 0) is 55.8 Å². The molecule has 2 aromatic carbocycles. The van der Waals surface area contributed by atoms with Gasteiger partial charge in [0.2, 0.25) is 0 Å². The van der Waals surface area contributed by atoms with Crippen LogP contribution in [-0.4, -0.2) is 25.0 Å². The average Bonchev–Trinajstić information content (AvgIpc) is 2.49. The van der Waals surface area contributed by atoms with E-state index >= 15 is 0 Å². The lowest BCUT2D eigenvalue weighted by Crippen LogP contribution is -2.35. The van der Waals surface area contributed by atoms with Gasteiger partial charge in [-0.25, -0.2) is 0 Å². The second-order valence-corrected chi connectivity index (χ2v) is 6.80. The lowest BCUT2D eigenvalue weighted by atomic mass is 9.76. The van der Waals surface area contributed by atoms with E-state index < -0.39 is 0 Å². The van der Waals surface area contributed by atoms with Crippen LogP contribution in [0.5, 0.6) is 0 Å². The number of hydrogen-bond donors (Lipinski definition) is 0. The fourth-order valence-electron chi connectivity index (χ4n) is 3.23. The summed E-state index contributed by atoms with van der Waals surface area (Å²) in [5.41, 5.74) is 4.12. The van der Waals surface area contributed by atoms with E-state index in [2.05, 4.69) is 49.3 Å². The van der Waals surface area contributed by atoms with Crippen molar-refractivity contribution in [1.29, 1.82) is 0 Å². The van der Waals surface area contributed by atoms with E-state index in [9.17, 15) is 0 Å². The molecule has 0 spiro atoms. The molecule has 0 bridgehead atoms. The molecular weight excluding hydrogens is 301 g/mol. The molecular formula is C18H19Cl2N. The van der Waals surface area contributed by atoms with Gasteiger partial charge in [-0.3, -0.25) is 0 Å². The van der Waals surface area contributed by atoms with Gasteiger partial charge in [0.1, 0.15) is 0 Å². The minimum absolute atomic E-state index is 0.386. The predicted octanol–water partition coefficient (Wildman–Crippen LogP) is 5.00. The Morgan fingerprint density at radius 3 is 2.48 bits per heavy atom. The highest BCUT2D eigenvalue weighted by Crippen LogP contribution is 2.39. The predicted molar refractivity (Wildman–Crippen MR) is 90.5 cm³/mol. The van der Waals surface area contributed by atoms with E-state index in [1.54, 1.807) is 0 Å². The second kappa shape index (κ2) is 6.00. The van der Waals surface area contributed by atoms with Crippen LogP contribution in [0.15, 0.2) is 42.5 Å². The summed E-state index contributed by atoms with van der Waals surface area (Å²) >= 11 is 12.3. The van der Waals surface area contributed by atoms with Crippen LogP contribution in [0.3, 0.4) is 0 Å². The van der Waals surface area contributed by atoms with Gasteiger partial charge in [0.25, 0.3) is 0 Å². The number of halogens is 2. The molecule has 0 N–H and O–H groups in total. The number of nitrogens with zero attached hydrogens (tertiary/aromatic N) is 1. The molecule has 0 unspecified atom stereocenters. The van der Waals surface area contributed by atoms with Crippen molar-refractivity contribution in [1.82, 2.24) is 4.90 Å². The number of hydrogen-bond acceptors (Lipinski definition) is 1. The fraction of sp³-hybridized carbons (Fsp3) is 0.333. The van der Waals surface area contributed by atoms with E-state index in [1.165, 1.54) is 16.7 Å². The minimum atomic E-state index is 0.386. The Balaban J connectivity index is 2.05. The molecule has 1 aliphatic rings. The molecule has 3 rings (SSSR count). The molecule has 0 heterocycles. The minimum Gasteiger partial charge on any atom is -0.306 e. The number of rotatable bonds is 2. The van der Waals surface area contributed by atoms with Crippen LogP contribution in [-0.2, 0) is 6.42 Å². The molecule has 0 saturated heterocycles. The van der Waals surface area contributed by atoms with Gasteiger partial charge in [0.15, 0.2) is 0 Å². The van der Waals surface area contributed by atoms with Crippen LogP contribution >= 0.6 is 23.2 Å². The van der Waals surface area contributed by atoms with Crippen LogP contribution in [0.4, 0.5) is 0 Å². The molecule has 0 saturated carbocycles. The second-order valence-electron chi connectivity index (χ2n) is 5.98. The van der Waals surface area contributed by atoms with Gasteiger partial charge in [-0.2, -0.15) is 0 Å².